The number of hydrogen-bond acceptors (Lipinski definition) is 5. The molecular formula is C19H25N5O2. The smallest absolute Gasteiger partial charge is 0.263 e. The summed E-state index contributed by atoms with van der Waals surface area (Å²) in [6, 6.07) is 8.23. The Morgan fingerprint density at radius 1 is 1.27 bits per heavy atom. The first kappa shape index (κ1) is 16.9. The lowest BCUT2D eigenvalue weighted by Crippen LogP contribution is -2.47. The molecule has 1 aliphatic carbocycles. The van der Waals surface area contributed by atoms with E-state index in [4.69, 9.17) is 4.74 Å². The molecular weight excluding hydrogens is 330 g/mol. The fourth-order valence-corrected chi connectivity index (χ4v) is 3.88. The van der Waals surface area contributed by atoms with Crippen LogP contribution in [0.2, 0.25) is 0 Å². The maximum atomic E-state index is 12.6. The van der Waals surface area contributed by atoms with Crippen molar-refractivity contribution in [1.29, 1.82) is 0 Å². The van der Waals surface area contributed by atoms with E-state index < -0.39 is 6.10 Å². The summed E-state index contributed by atoms with van der Waals surface area (Å²) in [6.45, 7) is 0.902. The monoisotopic (exact) mass is 355 g/mol. The van der Waals surface area contributed by atoms with E-state index in [2.05, 4.69) is 20.1 Å². The van der Waals surface area contributed by atoms with E-state index in [0.717, 1.165) is 30.1 Å². The molecule has 1 amide bonds. The third kappa shape index (κ3) is 3.38. The number of carbonyl (C=O) groups excluding carboxylic acids is 1. The van der Waals surface area contributed by atoms with Crippen LogP contribution in [-0.4, -0.2) is 40.4 Å². The van der Waals surface area contributed by atoms with Gasteiger partial charge in [0, 0.05) is 13.1 Å². The van der Waals surface area contributed by atoms with Crippen molar-refractivity contribution in [2.75, 3.05) is 18.5 Å². The number of fused-ring (bicyclic) bond motifs is 1. The number of aromatic nitrogens is 3. The van der Waals surface area contributed by atoms with Crippen LogP contribution in [0.5, 0.6) is 5.75 Å². The number of nitrogens with one attached hydrogen (secondary N) is 1. The summed E-state index contributed by atoms with van der Waals surface area (Å²) >= 11 is 0. The van der Waals surface area contributed by atoms with Crippen molar-refractivity contribution in [2.24, 2.45) is 0 Å². The molecule has 2 aliphatic rings. The van der Waals surface area contributed by atoms with Crippen LogP contribution in [0.3, 0.4) is 0 Å². The number of amides is 1. The van der Waals surface area contributed by atoms with Crippen molar-refractivity contribution in [3.05, 3.63) is 36.4 Å². The number of nitrogens with zero attached hydrogens (tertiary/aromatic N) is 4. The van der Waals surface area contributed by atoms with Crippen LogP contribution < -0.4 is 15.0 Å². The summed E-state index contributed by atoms with van der Waals surface area (Å²) in [6.07, 6.45) is 7.38. The van der Waals surface area contributed by atoms with E-state index >= 15 is 0 Å². The summed E-state index contributed by atoms with van der Waals surface area (Å²) in [7, 11) is 1.97. The zero-order chi connectivity index (χ0) is 17.9. The number of ether oxygens (including phenoxy) is 1. The molecule has 26 heavy (non-hydrogen) atoms. The van der Waals surface area contributed by atoms with Crippen molar-refractivity contribution in [2.45, 2.75) is 50.8 Å². The summed E-state index contributed by atoms with van der Waals surface area (Å²) in [5.74, 6) is 1.44. The molecule has 7 heteroatoms. The lowest BCUT2D eigenvalue weighted by Gasteiger charge is -2.33. The number of hydrogen-bond donors (Lipinski definition) is 1. The minimum absolute atomic E-state index is 0.121. The fraction of sp³-hybridized carbons (Fsp3) is 0.526. The molecule has 1 N–H and O–H groups in total. The molecule has 1 aromatic heterocycles. The molecule has 0 bridgehead atoms. The highest BCUT2D eigenvalue weighted by Crippen LogP contribution is 2.32. The molecule has 2 heterocycles. The van der Waals surface area contributed by atoms with Gasteiger partial charge in [-0.25, -0.2) is 0 Å². The van der Waals surface area contributed by atoms with E-state index in [0.29, 0.717) is 19.1 Å². The first-order valence-electron chi connectivity index (χ1n) is 9.35. The highest BCUT2D eigenvalue weighted by atomic mass is 16.5. The van der Waals surface area contributed by atoms with Crippen LogP contribution in [0.4, 0.5) is 5.69 Å². The number of rotatable bonds is 4. The zero-order valence-corrected chi connectivity index (χ0v) is 15.1. The molecule has 1 aliphatic heterocycles. The lowest BCUT2D eigenvalue weighted by atomic mass is 9.95. The largest absolute Gasteiger partial charge is 0.477 e. The highest BCUT2D eigenvalue weighted by Gasteiger charge is 2.29. The summed E-state index contributed by atoms with van der Waals surface area (Å²) < 4.78 is 8.01. The standard InChI is InChI=1S/C19H25N5O2/c1-23-12-17(26-16-10-6-5-9-15(16)23)19(25)20-11-18-22-21-13-24(18)14-7-3-2-4-8-14/h5-6,9-10,13-14,17H,2-4,7-8,11-12H2,1H3,(H,20,25)/t17-/m1/s1. The van der Waals surface area contributed by atoms with Crippen LogP contribution in [0.15, 0.2) is 30.6 Å². The maximum Gasteiger partial charge on any atom is 0.263 e. The van der Waals surface area contributed by atoms with Gasteiger partial charge in [0.1, 0.15) is 12.1 Å². The van der Waals surface area contributed by atoms with Crippen LogP contribution in [-0.2, 0) is 11.3 Å². The first-order valence-corrected chi connectivity index (χ1v) is 9.35. The van der Waals surface area contributed by atoms with Gasteiger partial charge in [-0.2, -0.15) is 0 Å². The van der Waals surface area contributed by atoms with Crippen LogP contribution in [0, 0.1) is 0 Å². The van der Waals surface area contributed by atoms with Gasteiger partial charge in [-0.15, -0.1) is 10.2 Å². The highest BCUT2D eigenvalue weighted by molar-refractivity contribution is 5.83. The van der Waals surface area contributed by atoms with Crippen molar-refractivity contribution in [3.8, 4) is 5.75 Å². The van der Waals surface area contributed by atoms with Gasteiger partial charge < -0.3 is 19.5 Å². The molecule has 2 aromatic rings. The normalized spacial score (nSPS) is 20.3. The van der Waals surface area contributed by atoms with Gasteiger partial charge in [0.15, 0.2) is 11.9 Å². The van der Waals surface area contributed by atoms with Gasteiger partial charge in [0.25, 0.3) is 5.91 Å². The van der Waals surface area contributed by atoms with E-state index in [9.17, 15) is 4.79 Å². The van der Waals surface area contributed by atoms with E-state index in [1.165, 1.54) is 19.3 Å². The van der Waals surface area contributed by atoms with Gasteiger partial charge in [-0.05, 0) is 25.0 Å². The molecule has 1 atom stereocenters. The second kappa shape index (κ2) is 7.35. The van der Waals surface area contributed by atoms with Gasteiger partial charge in [0.2, 0.25) is 0 Å². The Morgan fingerprint density at radius 3 is 2.92 bits per heavy atom. The molecule has 138 valence electrons. The van der Waals surface area contributed by atoms with E-state index in [1.54, 1.807) is 6.33 Å². The van der Waals surface area contributed by atoms with E-state index in [-0.39, 0.29) is 5.91 Å². The van der Waals surface area contributed by atoms with Crippen LogP contribution >= 0.6 is 0 Å². The lowest BCUT2D eigenvalue weighted by molar-refractivity contribution is -0.128. The second-order valence-electron chi connectivity index (χ2n) is 7.12. The molecule has 0 spiro atoms. The Hall–Kier alpha value is -2.57. The number of para-hydroxylation sites is 2. The van der Waals surface area contributed by atoms with Crippen LogP contribution in [0.1, 0.15) is 44.0 Å². The third-order valence-electron chi connectivity index (χ3n) is 5.31. The number of anilines is 1. The van der Waals surface area contributed by atoms with Gasteiger partial charge in [-0.3, -0.25) is 4.79 Å². The van der Waals surface area contributed by atoms with Gasteiger partial charge in [-0.1, -0.05) is 31.4 Å². The molecule has 1 aromatic carbocycles. The molecule has 0 saturated heterocycles. The minimum Gasteiger partial charge on any atom is -0.477 e. The molecule has 4 rings (SSSR count). The molecule has 0 radical (unpaired) electrons. The predicted molar refractivity (Wildman–Crippen MR) is 98.1 cm³/mol. The number of benzene rings is 1. The molecule has 7 nitrogen and oxygen atoms in total. The average molecular weight is 355 g/mol. The Labute approximate surface area is 153 Å². The summed E-state index contributed by atoms with van der Waals surface area (Å²) in [4.78, 5) is 14.7. The van der Waals surface area contributed by atoms with Crippen molar-refractivity contribution in [1.82, 2.24) is 20.1 Å². The molecule has 0 unspecified atom stereocenters. The number of likely N-dealkylation sites (N-methyl/N-ethyl adjacent to an activating group) is 1. The molecule has 1 saturated carbocycles. The third-order valence-corrected chi connectivity index (χ3v) is 5.31. The van der Waals surface area contributed by atoms with Crippen LogP contribution in [0.25, 0.3) is 0 Å². The average Bonchev–Trinajstić information content (AvgIpc) is 3.15. The van der Waals surface area contributed by atoms with Gasteiger partial charge >= 0.3 is 0 Å². The summed E-state index contributed by atoms with van der Waals surface area (Å²) in [5, 5.41) is 11.2. The molecule has 1 fully saturated rings. The van der Waals surface area contributed by atoms with E-state index in [1.807, 2.05) is 36.2 Å². The number of carbonyl (C=O) groups is 1. The zero-order valence-electron chi connectivity index (χ0n) is 15.1. The summed E-state index contributed by atoms with van der Waals surface area (Å²) in [5.41, 5.74) is 1.01. The predicted octanol–water partition coefficient (Wildman–Crippen LogP) is 2.30. The van der Waals surface area contributed by atoms with Crippen molar-refractivity contribution < 1.29 is 9.53 Å². The van der Waals surface area contributed by atoms with Crippen molar-refractivity contribution in [3.63, 3.8) is 0 Å². The van der Waals surface area contributed by atoms with Gasteiger partial charge in [0.05, 0.1) is 18.8 Å². The Balaban J connectivity index is 1.39. The first-order chi connectivity index (χ1) is 12.7. The Bertz CT molecular complexity index is 769. The fourth-order valence-electron chi connectivity index (χ4n) is 3.88. The van der Waals surface area contributed by atoms with Crippen molar-refractivity contribution >= 4 is 11.6 Å². The Morgan fingerprint density at radius 2 is 2.08 bits per heavy atom. The quantitative estimate of drug-likeness (QED) is 0.911. The minimum atomic E-state index is -0.527. The Kier molecular flexibility index (Phi) is 4.77. The topological polar surface area (TPSA) is 72.3 Å². The maximum absolute atomic E-state index is 12.6. The SMILES string of the molecule is CN1C[C@H](C(=O)NCc2nncn2C2CCCCC2)Oc2ccccc21. The second-order valence-corrected chi connectivity index (χ2v) is 7.12.